The second kappa shape index (κ2) is 7.70. The highest BCUT2D eigenvalue weighted by Crippen LogP contribution is 2.30. The molecule has 0 aromatic heterocycles. The summed E-state index contributed by atoms with van der Waals surface area (Å²) in [5, 5.41) is 2.36. The molecule has 0 fully saturated rings. The zero-order valence-electron chi connectivity index (χ0n) is 13.7. The van der Waals surface area contributed by atoms with Gasteiger partial charge in [-0.15, -0.1) is 0 Å². The Labute approximate surface area is 141 Å². The lowest BCUT2D eigenvalue weighted by atomic mass is 10.1. The Morgan fingerprint density at radius 1 is 0.833 bits per heavy atom. The van der Waals surface area contributed by atoms with Gasteiger partial charge in [-0.3, -0.25) is 0 Å². The van der Waals surface area contributed by atoms with Crippen molar-refractivity contribution in [3.8, 4) is 17.2 Å². The van der Waals surface area contributed by atoms with E-state index in [1.807, 2.05) is 42.5 Å². The van der Waals surface area contributed by atoms with E-state index in [1.54, 1.807) is 7.11 Å². The van der Waals surface area contributed by atoms with Crippen LogP contribution in [0, 0.1) is 0 Å². The van der Waals surface area contributed by atoms with Crippen LogP contribution in [0.1, 0.15) is 5.56 Å². The summed E-state index contributed by atoms with van der Waals surface area (Å²) >= 11 is 0. The maximum atomic E-state index is 5.83. The first-order valence-electron chi connectivity index (χ1n) is 7.92. The summed E-state index contributed by atoms with van der Waals surface area (Å²) < 4.78 is 16.9. The van der Waals surface area contributed by atoms with Crippen LogP contribution >= 0.6 is 0 Å². The predicted octanol–water partition coefficient (Wildman–Crippen LogP) is 3.76. The van der Waals surface area contributed by atoms with Crippen molar-refractivity contribution in [2.45, 2.75) is 6.54 Å². The molecular weight excluding hydrogens is 302 g/mol. The average molecular weight is 323 g/mol. The third kappa shape index (κ3) is 3.60. The molecule has 2 N–H and O–H groups in total. The van der Waals surface area contributed by atoms with Crippen molar-refractivity contribution >= 4 is 10.8 Å². The minimum absolute atomic E-state index is 0.401. The van der Waals surface area contributed by atoms with Gasteiger partial charge < -0.3 is 19.9 Å². The molecular formula is C20H21NO3. The van der Waals surface area contributed by atoms with E-state index in [2.05, 4.69) is 18.2 Å². The Bertz CT molecular complexity index is 795. The molecule has 3 rings (SSSR count). The molecule has 0 aliphatic rings. The molecule has 24 heavy (non-hydrogen) atoms. The number of methoxy groups -OCH3 is 1. The van der Waals surface area contributed by atoms with Gasteiger partial charge in [-0.1, -0.05) is 42.5 Å². The summed E-state index contributed by atoms with van der Waals surface area (Å²) in [5.41, 5.74) is 6.67. The van der Waals surface area contributed by atoms with Crippen LogP contribution < -0.4 is 19.9 Å². The molecule has 0 spiro atoms. The molecule has 0 radical (unpaired) electrons. The smallest absolute Gasteiger partial charge is 0.165 e. The Hall–Kier alpha value is -2.72. The molecule has 3 aromatic rings. The van der Waals surface area contributed by atoms with Crippen molar-refractivity contribution in [2.75, 3.05) is 20.3 Å². The van der Waals surface area contributed by atoms with E-state index in [1.165, 1.54) is 5.39 Å². The Morgan fingerprint density at radius 3 is 2.42 bits per heavy atom. The minimum Gasteiger partial charge on any atom is -0.493 e. The van der Waals surface area contributed by atoms with E-state index in [-0.39, 0.29) is 0 Å². The van der Waals surface area contributed by atoms with Crippen molar-refractivity contribution in [1.29, 1.82) is 0 Å². The van der Waals surface area contributed by atoms with Crippen LogP contribution in [0.25, 0.3) is 10.8 Å². The van der Waals surface area contributed by atoms with Crippen LogP contribution in [0.2, 0.25) is 0 Å². The molecule has 124 valence electrons. The Kier molecular flexibility index (Phi) is 5.18. The molecule has 3 aromatic carbocycles. The van der Waals surface area contributed by atoms with E-state index in [0.29, 0.717) is 31.3 Å². The summed E-state index contributed by atoms with van der Waals surface area (Å²) in [6.45, 7) is 1.26. The molecule has 0 amide bonds. The van der Waals surface area contributed by atoms with Crippen molar-refractivity contribution < 1.29 is 14.2 Å². The molecule has 0 atom stereocenters. The number of fused-ring (bicyclic) bond motifs is 1. The van der Waals surface area contributed by atoms with Gasteiger partial charge in [-0.25, -0.2) is 0 Å². The van der Waals surface area contributed by atoms with Gasteiger partial charge in [0.05, 0.1) is 7.11 Å². The van der Waals surface area contributed by atoms with Gasteiger partial charge in [-0.2, -0.15) is 0 Å². The Balaban J connectivity index is 1.60. The van der Waals surface area contributed by atoms with Crippen molar-refractivity contribution in [3.05, 3.63) is 66.2 Å². The highest BCUT2D eigenvalue weighted by molar-refractivity contribution is 5.83. The summed E-state index contributed by atoms with van der Waals surface area (Å²) in [5.74, 6) is 2.20. The van der Waals surface area contributed by atoms with Crippen LogP contribution in [0.3, 0.4) is 0 Å². The van der Waals surface area contributed by atoms with Gasteiger partial charge in [0.15, 0.2) is 11.5 Å². The number of ether oxygens (including phenoxy) is 3. The van der Waals surface area contributed by atoms with Crippen LogP contribution in [0.5, 0.6) is 17.2 Å². The van der Waals surface area contributed by atoms with E-state index >= 15 is 0 Å². The summed E-state index contributed by atoms with van der Waals surface area (Å²) in [6.07, 6.45) is 0. The standard InChI is InChI=1S/C20H21NO3/c1-22-19-8-4-7-17(14-21)20(19)24-12-11-23-18-10-9-15-5-2-3-6-16(15)13-18/h2-10,13H,11-12,14,21H2,1H3. The van der Waals surface area contributed by atoms with Gasteiger partial charge in [0.1, 0.15) is 19.0 Å². The van der Waals surface area contributed by atoms with Gasteiger partial charge in [0.2, 0.25) is 0 Å². The lowest BCUT2D eigenvalue weighted by molar-refractivity contribution is 0.210. The van der Waals surface area contributed by atoms with Crippen LogP contribution in [0.15, 0.2) is 60.7 Å². The van der Waals surface area contributed by atoms with Crippen molar-refractivity contribution in [2.24, 2.45) is 5.73 Å². The fourth-order valence-corrected chi connectivity index (χ4v) is 2.61. The summed E-state index contributed by atoms with van der Waals surface area (Å²) in [4.78, 5) is 0. The van der Waals surface area contributed by atoms with E-state index in [0.717, 1.165) is 16.7 Å². The third-order valence-electron chi connectivity index (χ3n) is 3.82. The molecule has 4 heteroatoms. The zero-order chi connectivity index (χ0) is 16.8. The average Bonchev–Trinajstić information content (AvgIpc) is 2.64. The topological polar surface area (TPSA) is 53.7 Å². The monoisotopic (exact) mass is 323 g/mol. The quantitative estimate of drug-likeness (QED) is 0.673. The maximum Gasteiger partial charge on any atom is 0.165 e. The maximum absolute atomic E-state index is 5.83. The van der Waals surface area contributed by atoms with Crippen LogP contribution in [0.4, 0.5) is 0 Å². The lowest BCUT2D eigenvalue weighted by Gasteiger charge is -2.14. The normalized spacial score (nSPS) is 10.6. The second-order valence-electron chi connectivity index (χ2n) is 5.36. The van der Waals surface area contributed by atoms with E-state index < -0.39 is 0 Å². The van der Waals surface area contributed by atoms with Crippen LogP contribution in [-0.4, -0.2) is 20.3 Å². The first kappa shape index (κ1) is 16.1. The van der Waals surface area contributed by atoms with Gasteiger partial charge in [0, 0.05) is 12.1 Å². The van der Waals surface area contributed by atoms with Crippen LogP contribution in [-0.2, 0) is 6.54 Å². The summed E-state index contributed by atoms with van der Waals surface area (Å²) in [6, 6.07) is 19.9. The molecule has 0 saturated carbocycles. The molecule has 0 saturated heterocycles. The zero-order valence-corrected chi connectivity index (χ0v) is 13.7. The highest BCUT2D eigenvalue weighted by atomic mass is 16.5. The SMILES string of the molecule is COc1cccc(CN)c1OCCOc1ccc2ccccc2c1. The number of rotatable bonds is 7. The first-order valence-corrected chi connectivity index (χ1v) is 7.92. The number of hydrogen-bond acceptors (Lipinski definition) is 4. The van der Waals surface area contributed by atoms with E-state index in [9.17, 15) is 0 Å². The predicted molar refractivity (Wildman–Crippen MR) is 95.8 cm³/mol. The largest absolute Gasteiger partial charge is 0.493 e. The lowest BCUT2D eigenvalue weighted by Crippen LogP contribution is -2.11. The number of para-hydroxylation sites is 1. The van der Waals surface area contributed by atoms with Crippen molar-refractivity contribution in [3.63, 3.8) is 0 Å². The summed E-state index contributed by atoms with van der Waals surface area (Å²) in [7, 11) is 1.62. The van der Waals surface area contributed by atoms with Crippen molar-refractivity contribution in [1.82, 2.24) is 0 Å². The van der Waals surface area contributed by atoms with Gasteiger partial charge in [0.25, 0.3) is 0 Å². The highest BCUT2D eigenvalue weighted by Gasteiger charge is 2.09. The fraction of sp³-hybridized carbons (Fsp3) is 0.200. The number of hydrogen-bond donors (Lipinski definition) is 1. The minimum atomic E-state index is 0.401. The molecule has 0 bridgehead atoms. The second-order valence-corrected chi connectivity index (χ2v) is 5.36. The van der Waals surface area contributed by atoms with Gasteiger partial charge >= 0.3 is 0 Å². The molecule has 0 aliphatic heterocycles. The molecule has 0 aliphatic carbocycles. The number of nitrogens with two attached hydrogens (primary N) is 1. The van der Waals surface area contributed by atoms with E-state index in [4.69, 9.17) is 19.9 Å². The first-order chi connectivity index (χ1) is 11.8. The molecule has 0 heterocycles. The van der Waals surface area contributed by atoms with Gasteiger partial charge in [-0.05, 0) is 29.0 Å². The Morgan fingerprint density at radius 2 is 1.62 bits per heavy atom. The molecule has 4 nitrogen and oxygen atoms in total. The third-order valence-corrected chi connectivity index (χ3v) is 3.82. The fourth-order valence-electron chi connectivity index (χ4n) is 2.61. The molecule has 0 unspecified atom stereocenters. The number of benzene rings is 3.